The van der Waals surface area contributed by atoms with Gasteiger partial charge in [-0.05, 0) is 38.4 Å². The van der Waals surface area contributed by atoms with Crippen molar-refractivity contribution in [3.63, 3.8) is 0 Å². The van der Waals surface area contributed by atoms with E-state index in [1.807, 2.05) is 13.0 Å². The highest BCUT2D eigenvalue weighted by Crippen LogP contribution is 2.18. The van der Waals surface area contributed by atoms with E-state index in [0.717, 1.165) is 19.4 Å². The van der Waals surface area contributed by atoms with Crippen LogP contribution in [-0.4, -0.2) is 31.4 Å². The lowest BCUT2D eigenvalue weighted by atomic mass is 9.98. The summed E-state index contributed by atoms with van der Waals surface area (Å²) in [6.45, 7) is 4.11. The lowest BCUT2D eigenvalue weighted by Gasteiger charge is -2.22. The van der Waals surface area contributed by atoms with Gasteiger partial charge < -0.3 is 16.0 Å². The molecule has 1 heterocycles. The number of amides is 2. The Morgan fingerprint density at radius 3 is 2.76 bits per heavy atom. The van der Waals surface area contributed by atoms with E-state index in [0.29, 0.717) is 24.3 Å². The van der Waals surface area contributed by atoms with Crippen LogP contribution >= 0.6 is 12.4 Å². The predicted octanol–water partition coefficient (Wildman–Crippen LogP) is 1.80. The maximum Gasteiger partial charge on any atom is 0.253 e. The van der Waals surface area contributed by atoms with Crippen LogP contribution in [0.2, 0.25) is 0 Å². The minimum absolute atomic E-state index is 0. The van der Waals surface area contributed by atoms with E-state index < -0.39 is 0 Å². The SMILES string of the molecule is CCNC(=O)c1ccccc1NC(=O)C1CCCNC1.Cl. The molecule has 5 nitrogen and oxygen atoms in total. The first kappa shape index (κ1) is 17.5. The molecule has 116 valence electrons. The molecule has 1 atom stereocenters. The van der Waals surface area contributed by atoms with Crippen LogP contribution in [0.3, 0.4) is 0 Å². The molecule has 0 bridgehead atoms. The molecule has 0 aromatic heterocycles. The van der Waals surface area contributed by atoms with Crippen molar-refractivity contribution in [2.45, 2.75) is 19.8 Å². The number of carbonyl (C=O) groups excluding carboxylic acids is 2. The zero-order chi connectivity index (χ0) is 14.4. The van der Waals surface area contributed by atoms with Gasteiger partial charge >= 0.3 is 0 Å². The van der Waals surface area contributed by atoms with Crippen molar-refractivity contribution in [3.05, 3.63) is 29.8 Å². The van der Waals surface area contributed by atoms with Gasteiger partial charge in [-0.3, -0.25) is 9.59 Å². The average Bonchev–Trinajstić information content (AvgIpc) is 2.49. The maximum absolute atomic E-state index is 12.2. The van der Waals surface area contributed by atoms with Gasteiger partial charge in [-0.1, -0.05) is 12.1 Å². The Morgan fingerprint density at radius 2 is 2.10 bits per heavy atom. The van der Waals surface area contributed by atoms with Crippen molar-refractivity contribution in [3.8, 4) is 0 Å². The van der Waals surface area contributed by atoms with Gasteiger partial charge in [0.2, 0.25) is 5.91 Å². The van der Waals surface area contributed by atoms with Gasteiger partial charge in [-0.25, -0.2) is 0 Å². The standard InChI is InChI=1S/C15H21N3O2.ClH/c1-2-17-15(20)12-7-3-4-8-13(12)18-14(19)11-6-5-9-16-10-11;/h3-4,7-8,11,16H,2,5-6,9-10H2,1H3,(H,17,20)(H,18,19);1H. The molecule has 0 radical (unpaired) electrons. The average molecular weight is 312 g/mol. The highest BCUT2D eigenvalue weighted by Gasteiger charge is 2.22. The number of hydrogen-bond acceptors (Lipinski definition) is 3. The van der Waals surface area contributed by atoms with E-state index in [4.69, 9.17) is 0 Å². The summed E-state index contributed by atoms with van der Waals surface area (Å²) in [6, 6.07) is 7.10. The Hall–Kier alpha value is -1.59. The van der Waals surface area contributed by atoms with Gasteiger partial charge in [0.1, 0.15) is 0 Å². The van der Waals surface area contributed by atoms with E-state index in [-0.39, 0.29) is 30.1 Å². The Kier molecular flexibility index (Phi) is 7.19. The summed E-state index contributed by atoms with van der Waals surface area (Å²) in [5.74, 6) is -0.204. The third kappa shape index (κ3) is 4.72. The largest absolute Gasteiger partial charge is 0.352 e. The van der Waals surface area contributed by atoms with Crippen molar-refractivity contribution in [2.75, 3.05) is 25.0 Å². The number of piperidine rings is 1. The number of nitrogens with one attached hydrogen (secondary N) is 3. The van der Waals surface area contributed by atoms with Gasteiger partial charge in [-0.15, -0.1) is 12.4 Å². The summed E-state index contributed by atoms with van der Waals surface area (Å²) < 4.78 is 0. The van der Waals surface area contributed by atoms with E-state index in [9.17, 15) is 9.59 Å². The minimum atomic E-state index is -0.162. The van der Waals surface area contributed by atoms with Crippen LogP contribution in [-0.2, 0) is 4.79 Å². The third-order valence-corrected chi connectivity index (χ3v) is 3.43. The van der Waals surface area contributed by atoms with E-state index >= 15 is 0 Å². The molecule has 1 aliphatic heterocycles. The Balaban J connectivity index is 0.00000220. The lowest BCUT2D eigenvalue weighted by molar-refractivity contribution is -0.120. The van der Waals surface area contributed by atoms with E-state index in [1.54, 1.807) is 18.2 Å². The summed E-state index contributed by atoms with van der Waals surface area (Å²) >= 11 is 0. The first-order chi connectivity index (χ1) is 9.72. The smallest absolute Gasteiger partial charge is 0.253 e. The molecule has 1 unspecified atom stereocenters. The fourth-order valence-electron chi connectivity index (χ4n) is 2.36. The summed E-state index contributed by atoms with van der Waals surface area (Å²) in [5, 5.41) is 8.85. The molecule has 1 aliphatic rings. The van der Waals surface area contributed by atoms with Crippen LogP contribution in [0, 0.1) is 5.92 Å². The molecule has 0 aliphatic carbocycles. The number of para-hydroxylation sites is 1. The normalized spacial score (nSPS) is 17.5. The molecule has 6 heteroatoms. The number of rotatable bonds is 4. The zero-order valence-electron chi connectivity index (χ0n) is 12.1. The van der Waals surface area contributed by atoms with Gasteiger partial charge in [0.05, 0.1) is 17.2 Å². The Bertz CT molecular complexity index is 488. The molecule has 3 N–H and O–H groups in total. The van der Waals surface area contributed by atoms with Gasteiger partial charge in [0, 0.05) is 13.1 Å². The van der Waals surface area contributed by atoms with Crippen molar-refractivity contribution < 1.29 is 9.59 Å². The maximum atomic E-state index is 12.2. The lowest BCUT2D eigenvalue weighted by Crippen LogP contribution is -2.37. The molecule has 1 fully saturated rings. The number of halogens is 1. The first-order valence-electron chi connectivity index (χ1n) is 7.11. The fourth-order valence-corrected chi connectivity index (χ4v) is 2.36. The van der Waals surface area contributed by atoms with Crippen LogP contribution in [0.1, 0.15) is 30.1 Å². The molecule has 1 aromatic carbocycles. The van der Waals surface area contributed by atoms with Crippen molar-refractivity contribution in [1.82, 2.24) is 10.6 Å². The topological polar surface area (TPSA) is 70.2 Å². The van der Waals surface area contributed by atoms with Gasteiger partial charge in [0.25, 0.3) is 5.91 Å². The van der Waals surface area contributed by atoms with Gasteiger partial charge in [-0.2, -0.15) is 0 Å². The van der Waals surface area contributed by atoms with Crippen LogP contribution < -0.4 is 16.0 Å². The molecule has 1 aromatic rings. The second kappa shape index (κ2) is 8.64. The van der Waals surface area contributed by atoms with Crippen molar-refractivity contribution in [2.24, 2.45) is 5.92 Å². The summed E-state index contributed by atoms with van der Waals surface area (Å²) in [6.07, 6.45) is 1.90. The highest BCUT2D eigenvalue weighted by atomic mass is 35.5. The van der Waals surface area contributed by atoms with E-state index in [2.05, 4.69) is 16.0 Å². The first-order valence-corrected chi connectivity index (χ1v) is 7.11. The Morgan fingerprint density at radius 1 is 1.33 bits per heavy atom. The number of carbonyl (C=O) groups is 2. The second-order valence-corrected chi connectivity index (χ2v) is 4.94. The molecule has 0 saturated carbocycles. The monoisotopic (exact) mass is 311 g/mol. The molecule has 2 rings (SSSR count). The Labute approximate surface area is 131 Å². The van der Waals surface area contributed by atoms with Crippen LogP contribution in [0.25, 0.3) is 0 Å². The van der Waals surface area contributed by atoms with Crippen LogP contribution in [0.15, 0.2) is 24.3 Å². The highest BCUT2D eigenvalue weighted by molar-refractivity contribution is 6.04. The second-order valence-electron chi connectivity index (χ2n) is 4.94. The molecule has 1 saturated heterocycles. The van der Waals surface area contributed by atoms with Crippen molar-refractivity contribution in [1.29, 1.82) is 0 Å². The minimum Gasteiger partial charge on any atom is -0.352 e. The fraction of sp³-hybridized carbons (Fsp3) is 0.467. The third-order valence-electron chi connectivity index (χ3n) is 3.43. The van der Waals surface area contributed by atoms with Crippen molar-refractivity contribution >= 4 is 29.9 Å². The predicted molar refractivity (Wildman–Crippen MR) is 85.9 cm³/mol. The van der Waals surface area contributed by atoms with Crippen LogP contribution in [0.4, 0.5) is 5.69 Å². The summed E-state index contributed by atoms with van der Waals surface area (Å²) in [4.78, 5) is 24.2. The van der Waals surface area contributed by atoms with E-state index in [1.165, 1.54) is 0 Å². The molecular formula is C15H22ClN3O2. The summed E-state index contributed by atoms with van der Waals surface area (Å²) in [7, 11) is 0. The molecule has 2 amide bonds. The molecule has 21 heavy (non-hydrogen) atoms. The summed E-state index contributed by atoms with van der Waals surface area (Å²) in [5.41, 5.74) is 1.08. The zero-order valence-corrected chi connectivity index (χ0v) is 13.0. The quantitative estimate of drug-likeness (QED) is 0.794. The van der Waals surface area contributed by atoms with Gasteiger partial charge in [0.15, 0.2) is 0 Å². The number of anilines is 1. The molecular weight excluding hydrogens is 290 g/mol. The number of benzene rings is 1. The number of hydrogen-bond donors (Lipinski definition) is 3. The molecule has 0 spiro atoms. The van der Waals surface area contributed by atoms with Crippen LogP contribution in [0.5, 0.6) is 0 Å².